The molecule has 80 heavy (non-hydrogen) atoms. The maximum atomic E-state index is 15.0. The van der Waals surface area contributed by atoms with E-state index in [2.05, 4.69) is 57.0 Å². The molecule has 9 rings (SSSR count). The number of amides is 4. The Kier molecular flexibility index (Phi) is 16.1. The molecule has 0 saturated carbocycles. The highest BCUT2D eigenvalue weighted by Gasteiger charge is 2.44. The van der Waals surface area contributed by atoms with E-state index in [0.29, 0.717) is 53.1 Å². The minimum atomic E-state index is -3.89. The van der Waals surface area contributed by atoms with Crippen molar-refractivity contribution >= 4 is 62.0 Å². The normalized spacial score (nSPS) is 17.6. The van der Waals surface area contributed by atoms with E-state index in [-0.39, 0.29) is 48.1 Å². The molecule has 1 saturated heterocycles. The average molecular weight is 1110 g/mol. The molecular formula is C58H72N12O9S. The summed E-state index contributed by atoms with van der Waals surface area (Å²) in [6, 6.07) is 15.3. The van der Waals surface area contributed by atoms with Crippen LogP contribution in [0, 0.1) is 25.2 Å². The molecule has 3 aromatic heterocycles. The SMILES string of the molecule is Cc1[nH]nc(Nc2ncnc3cc(OCC4CCN(c5cc(Oc6ccc7c(c6)CN(C(=O)C(NC(=O)C(C)N(C)C(=O)O)C(C)(C)C)C(C(=O)N[C@@H]6CCCc8ccccc86)C7)ncn5)CC4)c(S(=O)(=O)C(C)(C)C)cc23)c1C. The zero-order valence-electron chi connectivity index (χ0n) is 47.1. The van der Waals surface area contributed by atoms with Gasteiger partial charge < -0.3 is 40.3 Å². The van der Waals surface area contributed by atoms with Crippen molar-refractivity contribution in [1.82, 2.24) is 50.6 Å². The highest BCUT2D eigenvalue weighted by atomic mass is 32.2. The van der Waals surface area contributed by atoms with Gasteiger partial charge in [-0.25, -0.2) is 33.1 Å². The number of benzene rings is 3. The van der Waals surface area contributed by atoms with E-state index in [1.807, 2.05) is 71.0 Å². The van der Waals surface area contributed by atoms with Crippen molar-refractivity contribution in [1.29, 1.82) is 0 Å². The Bertz CT molecular complexity index is 3440. The van der Waals surface area contributed by atoms with Gasteiger partial charge in [-0.1, -0.05) is 51.1 Å². The molecule has 22 heteroatoms. The number of aromatic amines is 1. The Hall–Kier alpha value is -7.88. The Morgan fingerprint density at radius 3 is 2.33 bits per heavy atom. The minimum absolute atomic E-state index is 0.0267. The molecule has 5 N–H and O–H groups in total. The van der Waals surface area contributed by atoms with E-state index in [0.717, 1.165) is 65.0 Å². The van der Waals surface area contributed by atoms with Crippen LogP contribution in [-0.2, 0) is 43.6 Å². The van der Waals surface area contributed by atoms with Crippen LogP contribution in [0.15, 0.2) is 78.2 Å². The quantitative estimate of drug-likeness (QED) is 0.0649. The molecule has 0 bridgehead atoms. The van der Waals surface area contributed by atoms with Gasteiger partial charge in [-0.2, -0.15) is 5.10 Å². The predicted molar refractivity (Wildman–Crippen MR) is 302 cm³/mol. The van der Waals surface area contributed by atoms with Crippen molar-refractivity contribution in [2.24, 2.45) is 11.3 Å². The topological polar surface area (TPSA) is 267 Å². The van der Waals surface area contributed by atoms with Crippen molar-refractivity contribution in [3.8, 4) is 17.4 Å². The lowest BCUT2D eigenvalue weighted by Crippen LogP contribution is -2.62. The summed E-state index contributed by atoms with van der Waals surface area (Å²) < 4.78 is 40.0. The van der Waals surface area contributed by atoms with Gasteiger partial charge in [0.2, 0.25) is 23.6 Å². The zero-order valence-corrected chi connectivity index (χ0v) is 47.9. The van der Waals surface area contributed by atoms with Crippen LogP contribution < -0.4 is 30.3 Å². The smallest absolute Gasteiger partial charge is 0.407 e. The number of carbonyl (C=O) groups is 4. The highest BCUT2D eigenvalue weighted by molar-refractivity contribution is 7.92. The lowest BCUT2D eigenvalue weighted by molar-refractivity contribution is -0.147. The molecule has 4 amide bonds. The van der Waals surface area contributed by atoms with Crippen LogP contribution in [0.5, 0.6) is 17.4 Å². The second kappa shape index (κ2) is 22.7. The molecule has 1 fully saturated rings. The minimum Gasteiger partial charge on any atom is -0.492 e. The number of carbonyl (C=O) groups excluding carboxylic acids is 3. The monoisotopic (exact) mass is 1110 g/mol. The van der Waals surface area contributed by atoms with E-state index in [1.165, 1.54) is 37.1 Å². The van der Waals surface area contributed by atoms with Crippen molar-refractivity contribution in [3.63, 3.8) is 0 Å². The molecule has 4 atom stereocenters. The van der Waals surface area contributed by atoms with Crippen LogP contribution in [0.4, 0.5) is 22.2 Å². The third-order valence-electron chi connectivity index (χ3n) is 15.8. The lowest BCUT2D eigenvalue weighted by atomic mass is 9.83. The van der Waals surface area contributed by atoms with Gasteiger partial charge in [-0.3, -0.25) is 24.4 Å². The standard InChI is InChI=1S/C58H72N12O9S/c1-33-34(2)66-67-51(33)65-52-42-26-47(80(76,77)58(7,8)9)46(27-44(42)59-31-62-52)78-30-36-20-22-69(23-21-36)48-28-49(61-32-60-48)79-40-19-18-38-25-45(54(72)63-43-17-13-15-37-14-11-12-16-41(37)43)70(29-39(38)24-40)55(73)50(57(4,5)6)64-53(71)35(3)68(10)56(74)75/h11-12,14,16,18-19,24,26-28,31-32,35-36,43,45,50H,13,15,17,20-23,25,29-30H2,1-10H3,(H,63,72)(H,64,71)(H,74,75)(H2,59,62,65,66,67)/t35?,43-,45?,50?/m1/s1. The maximum absolute atomic E-state index is 15.0. The number of hydrogen-bond acceptors (Lipinski definition) is 15. The maximum Gasteiger partial charge on any atom is 0.407 e. The number of piperidine rings is 1. The number of aromatic nitrogens is 6. The summed E-state index contributed by atoms with van der Waals surface area (Å²) in [6.45, 7) is 17.3. The first-order valence-corrected chi connectivity index (χ1v) is 28.6. The number of H-pyrrole nitrogens is 1. The Balaban J connectivity index is 0.895. The summed E-state index contributed by atoms with van der Waals surface area (Å²) >= 11 is 0. The molecule has 0 radical (unpaired) electrons. The molecule has 424 valence electrons. The second-order valence-corrected chi connectivity index (χ2v) is 26.0. The van der Waals surface area contributed by atoms with Crippen molar-refractivity contribution < 1.29 is 42.2 Å². The van der Waals surface area contributed by atoms with Gasteiger partial charge in [0, 0.05) is 61.9 Å². The van der Waals surface area contributed by atoms with Gasteiger partial charge in [-0.15, -0.1) is 0 Å². The highest BCUT2D eigenvalue weighted by Crippen LogP contribution is 2.39. The first-order chi connectivity index (χ1) is 37.9. The Labute approximate surface area is 466 Å². The Morgan fingerprint density at radius 2 is 1.62 bits per heavy atom. The predicted octanol–water partition coefficient (Wildman–Crippen LogP) is 8.14. The molecule has 5 heterocycles. The summed E-state index contributed by atoms with van der Waals surface area (Å²) in [6.07, 6.45) is 5.81. The number of aryl methyl sites for hydroxylation is 2. The molecule has 0 spiro atoms. The van der Waals surface area contributed by atoms with Gasteiger partial charge >= 0.3 is 6.09 Å². The molecule has 3 aromatic carbocycles. The number of ether oxygens (including phenoxy) is 2. The van der Waals surface area contributed by atoms with E-state index in [9.17, 15) is 27.9 Å². The van der Waals surface area contributed by atoms with Crippen LogP contribution in [0.1, 0.15) is 114 Å². The fourth-order valence-corrected chi connectivity index (χ4v) is 11.7. The fraction of sp³-hybridized carbons (Fsp3) is 0.466. The van der Waals surface area contributed by atoms with Gasteiger partial charge in [0.25, 0.3) is 0 Å². The molecule has 2 aliphatic heterocycles. The fourth-order valence-electron chi connectivity index (χ4n) is 10.4. The van der Waals surface area contributed by atoms with E-state index in [4.69, 9.17) is 9.47 Å². The average Bonchev–Trinajstić information content (AvgIpc) is 3.77. The van der Waals surface area contributed by atoms with E-state index >= 15 is 4.79 Å². The summed E-state index contributed by atoms with van der Waals surface area (Å²) in [4.78, 5) is 77.5. The number of sulfone groups is 1. The molecule has 1 aliphatic carbocycles. The largest absolute Gasteiger partial charge is 0.492 e. The number of likely N-dealkylation sites (N-methyl/N-ethyl adjacent to an activating group) is 1. The van der Waals surface area contributed by atoms with Crippen molar-refractivity contribution in [3.05, 3.63) is 107 Å². The first kappa shape index (κ1) is 56.8. The summed E-state index contributed by atoms with van der Waals surface area (Å²) in [7, 11) is -2.59. The van der Waals surface area contributed by atoms with Gasteiger partial charge in [0.1, 0.15) is 58.8 Å². The van der Waals surface area contributed by atoms with Crippen LogP contribution in [0.3, 0.4) is 0 Å². The number of anilines is 3. The number of nitrogens with one attached hydrogen (secondary N) is 4. The first-order valence-electron chi connectivity index (χ1n) is 27.1. The third-order valence-corrected chi connectivity index (χ3v) is 18.3. The van der Waals surface area contributed by atoms with E-state index < -0.39 is 56.0 Å². The zero-order chi connectivity index (χ0) is 57.4. The van der Waals surface area contributed by atoms with E-state index in [1.54, 1.807) is 39.0 Å². The van der Waals surface area contributed by atoms with Crippen LogP contribution in [0.2, 0.25) is 0 Å². The molecule has 6 aromatic rings. The number of fused-ring (bicyclic) bond motifs is 3. The van der Waals surface area contributed by atoms with Crippen LogP contribution in [0.25, 0.3) is 10.9 Å². The second-order valence-electron chi connectivity index (χ2n) is 23.3. The van der Waals surface area contributed by atoms with Crippen molar-refractivity contribution in [2.45, 2.75) is 141 Å². The third kappa shape index (κ3) is 12.0. The van der Waals surface area contributed by atoms with Crippen LogP contribution >= 0.6 is 0 Å². The Morgan fingerprint density at radius 1 is 0.887 bits per heavy atom. The van der Waals surface area contributed by atoms with Gasteiger partial charge in [0.15, 0.2) is 15.7 Å². The number of rotatable bonds is 15. The molecule has 3 unspecified atom stereocenters. The van der Waals surface area contributed by atoms with Crippen LogP contribution in [-0.4, -0.2) is 127 Å². The molecule has 3 aliphatic rings. The summed E-state index contributed by atoms with van der Waals surface area (Å²) in [5.41, 5.74) is 5.32. The summed E-state index contributed by atoms with van der Waals surface area (Å²) in [5.74, 6) is 1.31. The van der Waals surface area contributed by atoms with Gasteiger partial charge in [0.05, 0.1) is 22.9 Å². The number of nitrogens with zero attached hydrogens (tertiary/aromatic N) is 8. The number of hydrogen-bond donors (Lipinski definition) is 5. The van der Waals surface area contributed by atoms with Gasteiger partial charge in [-0.05, 0) is 125 Å². The molecule has 21 nitrogen and oxygen atoms in total. The molecular weight excluding hydrogens is 1040 g/mol. The lowest BCUT2D eigenvalue weighted by Gasteiger charge is -2.42. The van der Waals surface area contributed by atoms with Crippen molar-refractivity contribution in [2.75, 3.05) is 37.0 Å². The summed E-state index contributed by atoms with van der Waals surface area (Å²) in [5, 5.41) is 26.8. The number of carboxylic acid groups (broad SMARTS) is 1.